The third kappa shape index (κ3) is 8.19. The van der Waals surface area contributed by atoms with Crippen LogP contribution in [0.1, 0.15) is 32.2 Å². The molecule has 0 saturated heterocycles. The maximum atomic E-state index is 13.0. The molecule has 0 saturated carbocycles. The number of pyridine rings is 4. The normalized spacial score (nSPS) is 10.7. The molecule has 6 rings (SSSR count). The van der Waals surface area contributed by atoms with Gasteiger partial charge in [-0.3, -0.25) is 19.2 Å². The van der Waals surface area contributed by atoms with E-state index in [2.05, 4.69) is 9.97 Å². The molecule has 16 heteroatoms. The number of benzene rings is 2. The Morgan fingerprint density at radius 2 is 1.08 bits per heavy atom. The van der Waals surface area contributed by atoms with E-state index < -0.39 is 11.9 Å². The van der Waals surface area contributed by atoms with Crippen LogP contribution in [0.2, 0.25) is 10.0 Å². The van der Waals surface area contributed by atoms with Crippen molar-refractivity contribution < 1.29 is 53.2 Å². The Bertz CT molecular complexity index is 2430. The van der Waals surface area contributed by atoms with Crippen molar-refractivity contribution in [2.75, 3.05) is 19.8 Å². The quantitative estimate of drug-likeness (QED) is 0.130. The van der Waals surface area contributed by atoms with E-state index in [0.717, 1.165) is 5.69 Å². The van der Waals surface area contributed by atoms with Gasteiger partial charge in [0.05, 0.1) is 62.4 Å². The van der Waals surface area contributed by atoms with Gasteiger partial charge in [0.1, 0.15) is 24.4 Å². The van der Waals surface area contributed by atoms with Crippen molar-refractivity contribution in [3.05, 3.63) is 90.4 Å². The third-order valence-corrected chi connectivity index (χ3v) is 8.28. The number of fused-ring (bicyclic) bond motifs is 4. The molecule has 0 radical (unpaired) electrons. The minimum atomic E-state index is -1.05. The number of ether oxygens (including phenoxy) is 3. The topological polar surface area (TPSA) is 182 Å². The minimum absolute atomic E-state index is 0. The first-order chi connectivity index (χ1) is 23.9. The van der Waals surface area contributed by atoms with Crippen LogP contribution in [-0.2, 0) is 27.4 Å². The maximum absolute atomic E-state index is 13.0. The summed E-state index contributed by atoms with van der Waals surface area (Å²) in [6.07, 6.45) is 0. The molecule has 0 unspecified atom stereocenters. The van der Waals surface area contributed by atoms with E-state index >= 15 is 0 Å². The van der Waals surface area contributed by atoms with E-state index in [1.807, 2.05) is 13.8 Å². The molecule has 2 N–H and O–H groups in total. The van der Waals surface area contributed by atoms with Gasteiger partial charge in [0, 0.05) is 11.4 Å². The summed E-state index contributed by atoms with van der Waals surface area (Å²) in [6, 6.07) is 13.3. The van der Waals surface area contributed by atoms with Gasteiger partial charge in [0.15, 0.2) is 22.4 Å². The first kappa shape index (κ1) is 41.8. The Kier molecular flexibility index (Phi) is 14.2. The van der Waals surface area contributed by atoms with E-state index in [4.69, 9.17) is 37.4 Å². The van der Waals surface area contributed by atoms with Crippen molar-refractivity contribution in [1.82, 2.24) is 19.1 Å². The Balaban J connectivity index is 0.000000271. The zero-order chi connectivity index (χ0) is 36.3. The molecule has 0 aliphatic heterocycles. The van der Waals surface area contributed by atoms with Crippen LogP contribution < -0.4 is 39.2 Å². The molecular weight excluding hydrogens is 710 g/mol. The van der Waals surface area contributed by atoms with Gasteiger partial charge in [-0.1, -0.05) is 23.2 Å². The van der Waals surface area contributed by atoms with Crippen LogP contribution in [0.3, 0.4) is 0 Å². The number of aryl methyl sites for hydroxylation is 2. The zero-order valence-corrected chi connectivity index (χ0v) is 31.0. The first-order valence-electron chi connectivity index (χ1n) is 15.8. The van der Waals surface area contributed by atoms with Crippen LogP contribution in [0.25, 0.3) is 43.9 Å². The van der Waals surface area contributed by atoms with Gasteiger partial charge < -0.3 is 33.9 Å². The molecule has 52 heavy (non-hydrogen) atoms. The maximum Gasteiger partial charge on any atom is 1.00 e. The summed E-state index contributed by atoms with van der Waals surface area (Å²) in [4.78, 5) is 58.2. The number of aromatic nitrogens is 4. The summed E-state index contributed by atoms with van der Waals surface area (Å²) in [7, 11) is 0. The number of esters is 1. The SMILES string of the molecule is CCOC(=O)Cn1c2nc(C)ccc2c(=O)c2ccc(Cl)c(OCC)c21.CCOc1c(Cl)ccc2c(=O)c3ccc(C)nc3n(CC(=O)O)c12.[Li+].[OH-]. The monoisotopic (exact) mass is 744 g/mol. The molecular formula is C36H35Cl2LiN4O9. The molecule has 268 valence electrons. The molecule has 0 bridgehead atoms. The number of carbonyl (C=O) groups excluding carboxylic acids is 1. The van der Waals surface area contributed by atoms with Gasteiger partial charge in [-0.05, 0) is 83.1 Å². The number of nitrogens with zero attached hydrogens (tertiary/aromatic N) is 4. The predicted molar refractivity (Wildman–Crippen MR) is 195 cm³/mol. The van der Waals surface area contributed by atoms with E-state index in [1.54, 1.807) is 73.9 Å². The summed E-state index contributed by atoms with van der Waals surface area (Å²) in [5.74, 6) is -0.824. The van der Waals surface area contributed by atoms with Crippen LogP contribution in [0, 0.1) is 13.8 Å². The fourth-order valence-electron chi connectivity index (χ4n) is 5.69. The molecule has 4 aromatic heterocycles. The zero-order valence-electron chi connectivity index (χ0n) is 29.5. The summed E-state index contributed by atoms with van der Waals surface area (Å²) >= 11 is 12.5. The standard InChI is InChI=1S/C19H19ClN2O4.C17H15ClN2O4.Li.H2O/c1-4-25-15(23)10-22-16-12(8-9-14(20)18(16)26-5-2)17(24)13-7-6-11(3)21-19(13)22;1-3-24-16-12(18)7-6-10-14(16)20(8-13(21)22)17-11(15(10)23)5-4-9(2)19-17;;/h6-9H,4-5,10H2,1-3H3;4-7H,3,8H2,1-2H3,(H,21,22);;1H2/q;;+1;/p-1. The van der Waals surface area contributed by atoms with E-state index in [0.29, 0.717) is 84.3 Å². The number of carboxylic acid groups (broad SMARTS) is 1. The van der Waals surface area contributed by atoms with Crippen molar-refractivity contribution in [2.45, 2.75) is 47.7 Å². The van der Waals surface area contributed by atoms with Crippen LogP contribution in [0.5, 0.6) is 11.5 Å². The van der Waals surface area contributed by atoms with Crippen LogP contribution in [0.4, 0.5) is 0 Å². The van der Waals surface area contributed by atoms with Gasteiger partial charge in [0.2, 0.25) is 0 Å². The number of halogens is 2. The van der Waals surface area contributed by atoms with Gasteiger partial charge >= 0.3 is 30.8 Å². The molecule has 0 atom stereocenters. The first-order valence-corrected chi connectivity index (χ1v) is 16.5. The summed E-state index contributed by atoms with van der Waals surface area (Å²) in [5, 5.41) is 11.5. The Morgan fingerprint density at radius 1 is 0.673 bits per heavy atom. The molecule has 0 spiro atoms. The Hall–Kier alpha value is -4.64. The fourth-order valence-corrected chi connectivity index (χ4v) is 6.11. The Morgan fingerprint density at radius 3 is 1.46 bits per heavy atom. The molecule has 6 aromatic rings. The van der Waals surface area contributed by atoms with Gasteiger partial charge in [-0.25, -0.2) is 9.97 Å². The number of aliphatic carboxylic acids is 1. The minimum Gasteiger partial charge on any atom is -0.870 e. The van der Waals surface area contributed by atoms with Crippen LogP contribution in [0.15, 0.2) is 58.1 Å². The second kappa shape index (κ2) is 17.7. The number of rotatable bonds is 9. The molecule has 0 aliphatic rings. The third-order valence-electron chi connectivity index (χ3n) is 7.69. The van der Waals surface area contributed by atoms with Crippen LogP contribution in [-0.4, -0.2) is 61.4 Å². The van der Waals surface area contributed by atoms with Gasteiger partial charge in [-0.2, -0.15) is 0 Å². The second-order valence-electron chi connectivity index (χ2n) is 11.1. The number of carbonyl (C=O) groups is 2. The largest absolute Gasteiger partial charge is 1.00 e. The molecule has 0 fully saturated rings. The summed E-state index contributed by atoms with van der Waals surface area (Å²) in [6.45, 7) is 9.47. The van der Waals surface area contributed by atoms with Crippen molar-refractivity contribution in [3.8, 4) is 11.5 Å². The molecule has 4 heterocycles. The smallest absolute Gasteiger partial charge is 0.870 e. The number of hydrogen-bond donors (Lipinski definition) is 1. The van der Waals surface area contributed by atoms with E-state index in [-0.39, 0.29) is 54.9 Å². The molecule has 0 aliphatic carbocycles. The van der Waals surface area contributed by atoms with E-state index in [1.165, 1.54) is 4.57 Å². The van der Waals surface area contributed by atoms with Gasteiger partial charge in [0.25, 0.3) is 0 Å². The molecule has 2 aromatic carbocycles. The van der Waals surface area contributed by atoms with Crippen molar-refractivity contribution in [1.29, 1.82) is 0 Å². The molecule has 13 nitrogen and oxygen atoms in total. The van der Waals surface area contributed by atoms with Crippen LogP contribution >= 0.6 is 23.2 Å². The van der Waals surface area contributed by atoms with Crippen molar-refractivity contribution in [3.63, 3.8) is 0 Å². The average molecular weight is 746 g/mol. The fraction of sp³-hybridized carbons (Fsp3) is 0.278. The van der Waals surface area contributed by atoms with E-state index in [9.17, 15) is 24.3 Å². The summed E-state index contributed by atoms with van der Waals surface area (Å²) < 4.78 is 19.5. The number of carboxylic acids is 1. The summed E-state index contributed by atoms with van der Waals surface area (Å²) in [5.41, 5.74) is 2.50. The average Bonchev–Trinajstić information content (AvgIpc) is 3.07. The van der Waals surface area contributed by atoms with Gasteiger partial charge in [-0.15, -0.1) is 0 Å². The predicted octanol–water partition coefficient (Wildman–Crippen LogP) is 3.30. The Labute approximate surface area is 319 Å². The van der Waals surface area contributed by atoms with Crippen molar-refractivity contribution in [2.24, 2.45) is 0 Å². The van der Waals surface area contributed by atoms with Crippen molar-refractivity contribution >= 4 is 79.0 Å². The molecule has 0 amide bonds. The number of hydrogen-bond acceptors (Lipinski definition) is 10. The second-order valence-corrected chi connectivity index (χ2v) is 11.9.